The van der Waals surface area contributed by atoms with Crippen molar-refractivity contribution in [3.63, 3.8) is 0 Å². The maximum absolute atomic E-state index is 9.06. The Labute approximate surface area is 158 Å². The number of hydrogen-bond acceptors (Lipinski definition) is 6. The number of nitrogens with zero attached hydrogens (tertiary/aromatic N) is 6. The van der Waals surface area contributed by atoms with Crippen LogP contribution < -0.4 is 0 Å². The second kappa shape index (κ2) is 9.26. The minimum atomic E-state index is 0.177. The number of aromatic nitrogens is 3. The number of aliphatic hydroxyl groups is 1. The summed E-state index contributed by atoms with van der Waals surface area (Å²) in [5.41, 5.74) is 0. The van der Waals surface area contributed by atoms with Gasteiger partial charge >= 0.3 is 0 Å². The van der Waals surface area contributed by atoms with Crippen molar-refractivity contribution in [1.29, 1.82) is 0 Å². The molecule has 1 aromatic rings. The zero-order valence-electron chi connectivity index (χ0n) is 16.8. The van der Waals surface area contributed by atoms with Crippen molar-refractivity contribution < 1.29 is 5.11 Å². The highest BCUT2D eigenvalue weighted by molar-refractivity contribution is 5.04. The Kier molecular flexibility index (Phi) is 7.03. The summed E-state index contributed by atoms with van der Waals surface area (Å²) in [4.78, 5) is 7.37. The molecule has 2 fully saturated rings. The van der Waals surface area contributed by atoms with Crippen molar-refractivity contribution in [2.24, 2.45) is 7.05 Å². The van der Waals surface area contributed by atoms with Gasteiger partial charge in [-0.05, 0) is 65.5 Å². The Morgan fingerprint density at radius 3 is 2.38 bits per heavy atom. The van der Waals surface area contributed by atoms with E-state index in [1.54, 1.807) is 0 Å². The molecule has 0 spiro atoms. The molecule has 3 rings (SSSR count). The number of likely N-dealkylation sites (N-methyl/N-ethyl adjacent to an activating group) is 1. The molecule has 7 nitrogen and oxygen atoms in total. The maximum Gasteiger partial charge on any atom is 0.146 e. The topological polar surface area (TPSA) is 60.7 Å². The molecule has 3 heterocycles. The van der Waals surface area contributed by atoms with Crippen LogP contribution >= 0.6 is 0 Å². The lowest BCUT2D eigenvalue weighted by Crippen LogP contribution is -2.47. The molecule has 26 heavy (non-hydrogen) atoms. The molecule has 0 saturated carbocycles. The second-order valence-corrected chi connectivity index (χ2v) is 7.97. The molecule has 0 unspecified atom stereocenters. The molecular formula is C19H36N6O. The number of aliphatic hydroxyl groups excluding tert-OH is 1. The lowest BCUT2D eigenvalue weighted by Gasteiger charge is -2.41. The predicted octanol–water partition coefficient (Wildman–Crippen LogP) is 0.903. The van der Waals surface area contributed by atoms with E-state index < -0.39 is 0 Å². The first-order valence-corrected chi connectivity index (χ1v) is 10.3. The Balaban J connectivity index is 1.51. The first-order valence-electron chi connectivity index (χ1n) is 10.3. The monoisotopic (exact) mass is 364 g/mol. The van der Waals surface area contributed by atoms with Gasteiger partial charge in [0.05, 0.1) is 13.2 Å². The van der Waals surface area contributed by atoms with Crippen LogP contribution in [0.25, 0.3) is 0 Å². The van der Waals surface area contributed by atoms with Crippen molar-refractivity contribution in [3.05, 3.63) is 11.6 Å². The van der Waals surface area contributed by atoms with E-state index in [0.29, 0.717) is 12.5 Å². The van der Waals surface area contributed by atoms with E-state index in [9.17, 15) is 0 Å². The Bertz CT molecular complexity index is 546. The zero-order chi connectivity index (χ0) is 18.5. The summed E-state index contributed by atoms with van der Waals surface area (Å²) in [6.07, 6.45) is 5.02. The van der Waals surface area contributed by atoms with Crippen LogP contribution in [-0.4, -0.2) is 93.5 Å². The third-order valence-electron chi connectivity index (χ3n) is 6.31. The van der Waals surface area contributed by atoms with Crippen LogP contribution in [0.3, 0.4) is 0 Å². The van der Waals surface area contributed by atoms with Crippen molar-refractivity contribution in [2.45, 2.75) is 51.1 Å². The molecule has 0 atom stereocenters. The van der Waals surface area contributed by atoms with Gasteiger partial charge in [0.25, 0.3) is 0 Å². The fourth-order valence-corrected chi connectivity index (χ4v) is 4.48. The fraction of sp³-hybridized carbons (Fsp3) is 0.895. The van der Waals surface area contributed by atoms with Gasteiger partial charge in [0.2, 0.25) is 0 Å². The molecule has 7 heteroatoms. The van der Waals surface area contributed by atoms with E-state index in [4.69, 9.17) is 5.11 Å². The van der Waals surface area contributed by atoms with E-state index >= 15 is 0 Å². The van der Waals surface area contributed by atoms with E-state index in [1.807, 2.05) is 7.05 Å². The smallest absolute Gasteiger partial charge is 0.146 e. The van der Waals surface area contributed by atoms with Gasteiger partial charge in [-0.1, -0.05) is 6.92 Å². The second-order valence-electron chi connectivity index (χ2n) is 7.97. The number of rotatable bonds is 7. The van der Waals surface area contributed by atoms with Crippen molar-refractivity contribution in [3.8, 4) is 0 Å². The zero-order valence-corrected chi connectivity index (χ0v) is 16.8. The van der Waals surface area contributed by atoms with E-state index in [1.165, 1.54) is 58.4 Å². The van der Waals surface area contributed by atoms with Crippen LogP contribution in [0, 0.1) is 0 Å². The normalized spacial score (nSPS) is 21.7. The highest BCUT2D eigenvalue weighted by atomic mass is 16.3. The molecule has 0 bridgehead atoms. The van der Waals surface area contributed by atoms with E-state index in [0.717, 1.165) is 24.2 Å². The molecule has 0 amide bonds. The quantitative estimate of drug-likeness (QED) is 0.776. The molecule has 1 aromatic heterocycles. The summed E-state index contributed by atoms with van der Waals surface area (Å²) in [6, 6.07) is 0.779. The van der Waals surface area contributed by atoms with Gasteiger partial charge in [-0.2, -0.15) is 0 Å². The lowest BCUT2D eigenvalue weighted by molar-refractivity contribution is 0.0882. The molecule has 2 aliphatic rings. The minimum Gasteiger partial charge on any atom is -0.395 e. The van der Waals surface area contributed by atoms with E-state index in [2.05, 4.69) is 43.4 Å². The van der Waals surface area contributed by atoms with Gasteiger partial charge in [0.15, 0.2) is 0 Å². The van der Waals surface area contributed by atoms with Crippen molar-refractivity contribution in [2.75, 3.05) is 52.9 Å². The number of hydrogen-bond donors (Lipinski definition) is 1. The van der Waals surface area contributed by atoms with Gasteiger partial charge in [0.1, 0.15) is 11.6 Å². The van der Waals surface area contributed by atoms with Crippen LogP contribution in [0.15, 0.2) is 0 Å². The molecule has 0 aromatic carbocycles. The highest BCUT2D eigenvalue weighted by Crippen LogP contribution is 2.29. The Morgan fingerprint density at radius 2 is 1.77 bits per heavy atom. The van der Waals surface area contributed by atoms with Gasteiger partial charge in [-0.25, -0.2) is 0 Å². The van der Waals surface area contributed by atoms with Crippen LogP contribution in [0.5, 0.6) is 0 Å². The fourth-order valence-electron chi connectivity index (χ4n) is 4.48. The van der Waals surface area contributed by atoms with Crippen LogP contribution in [0.1, 0.15) is 50.2 Å². The highest BCUT2D eigenvalue weighted by Gasteiger charge is 2.30. The minimum absolute atomic E-state index is 0.177. The SMILES string of the molecule is CCN1CCC(N2CCC(c3nnc(CN(C)CCO)n3C)CC2)CC1. The maximum atomic E-state index is 9.06. The van der Waals surface area contributed by atoms with Gasteiger partial charge < -0.3 is 19.5 Å². The average molecular weight is 365 g/mol. The van der Waals surface area contributed by atoms with Crippen LogP contribution in [0.2, 0.25) is 0 Å². The Hall–Kier alpha value is -1.02. The number of piperidine rings is 2. The molecular weight excluding hydrogens is 328 g/mol. The molecule has 2 aliphatic heterocycles. The first kappa shape index (κ1) is 19.7. The molecule has 0 radical (unpaired) electrons. The van der Waals surface area contributed by atoms with Gasteiger partial charge in [-0.15, -0.1) is 10.2 Å². The Morgan fingerprint density at radius 1 is 1.08 bits per heavy atom. The third-order valence-corrected chi connectivity index (χ3v) is 6.31. The van der Waals surface area contributed by atoms with Crippen LogP contribution in [0.4, 0.5) is 0 Å². The standard InChI is InChI=1S/C19H36N6O/c1-4-24-9-7-17(8-10-24)25-11-5-16(6-12-25)19-21-20-18(23(19)3)15-22(2)13-14-26/h16-17,26H,4-15H2,1-3H3. The molecule has 148 valence electrons. The summed E-state index contributed by atoms with van der Waals surface area (Å²) in [5, 5.41) is 18.0. The summed E-state index contributed by atoms with van der Waals surface area (Å²) in [6.45, 7) is 9.93. The van der Waals surface area contributed by atoms with Crippen molar-refractivity contribution >= 4 is 0 Å². The van der Waals surface area contributed by atoms with Crippen molar-refractivity contribution in [1.82, 2.24) is 29.5 Å². The third kappa shape index (κ3) is 4.63. The molecule has 0 aliphatic carbocycles. The summed E-state index contributed by atoms with van der Waals surface area (Å²) in [7, 11) is 4.09. The molecule has 1 N–H and O–H groups in total. The average Bonchev–Trinajstić information content (AvgIpc) is 3.02. The first-order chi connectivity index (χ1) is 12.6. The number of likely N-dealkylation sites (tertiary alicyclic amines) is 2. The summed E-state index contributed by atoms with van der Waals surface area (Å²) in [5.74, 6) is 2.65. The largest absolute Gasteiger partial charge is 0.395 e. The lowest BCUT2D eigenvalue weighted by atomic mass is 9.93. The van der Waals surface area contributed by atoms with Gasteiger partial charge in [0, 0.05) is 25.6 Å². The van der Waals surface area contributed by atoms with E-state index in [-0.39, 0.29) is 6.61 Å². The summed E-state index contributed by atoms with van der Waals surface area (Å²) >= 11 is 0. The van der Waals surface area contributed by atoms with Crippen LogP contribution in [-0.2, 0) is 13.6 Å². The molecule has 2 saturated heterocycles. The van der Waals surface area contributed by atoms with Gasteiger partial charge in [-0.3, -0.25) is 4.90 Å². The summed E-state index contributed by atoms with van der Waals surface area (Å²) < 4.78 is 2.17. The predicted molar refractivity (Wildman–Crippen MR) is 103 cm³/mol.